The predicted molar refractivity (Wildman–Crippen MR) is 123 cm³/mol. The zero-order valence-corrected chi connectivity index (χ0v) is 18.8. The van der Waals surface area contributed by atoms with Crippen LogP contribution in [0.25, 0.3) is 17.5 Å². The average Bonchev–Trinajstić information content (AvgIpc) is 3.49. The van der Waals surface area contributed by atoms with E-state index < -0.39 is 0 Å². The number of nitrogens with zero attached hydrogens (tertiary/aromatic N) is 4. The Labute approximate surface area is 191 Å². The maximum absolute atomic E-state index is 12.5. The van der Waals surface area contributed by atoms with Gasteiger partial charge in [-0.05, 0) is 73.0 Å². The second-order valence-corrected chi connectivity index (χ2v) is 8.19. The molecule has 9 heteroatoms. The lowest BCUT2D eigenvalue weighted by Crippen LogP contribution is -2.08. The van der Waals surface area contributed by atoms with Crippen LogP contribution in [-0.2, 0) is 4.79 Å². The molecule has 1 fully saturated rings. The largest absolute Gasteiger partial charge is 0.493 e. The molecular formula is C23H24ClN5O3. The summed E-state index contributed by atoms with van der Waals surface area (Å²) in [6.45, 7) is 3.82. The molecule has 0 spiro atoms. The van der Waals surface area contributed by atoms with Gasteiger partial charge in [-0.15, -0.1) is 5.10 Å². The van der Waals surface area contributed by atoms with Gasteiger partial charge in [0.05, 0.1) is 24.3 Å². The molecule has 166 valence electrons. The number of amides is 1. The molecule has 8 nitrogen and oxygen atoms in total. The Morgan fingerprint density at radius 2 is 2.09 bits per heavy atom. The van der Waals surface area contributed by atoms with Crippen LogP contribution in [-0.4, -0.2) is 39.3 Å². The summed E-state index contributed by atoms with van der Waals surface area (Å²) in [6.07, 6.45) is 5.23. The summed E-state index contributed by atoms with van der Waals surface area (Å²) in [7, 11) is 1.55. The molecule has 1 N–H and O–H groups in total. The van der Waals surface area contributed by atoms with E-state index in [1.54, 1.807) is 25.3 Å². The molecule has 0 atom stereocenters. The van der Waals surface area contributed by atoms with Crippen molar-refractivity contribution in [2.75, 3.05) is 12.4 Å². The molecule has 0 radical (unpaired) electrons. The molecule has 3 aromatic rings. The molecular weight excluding hydrogens is 430 g/mol. The highest BCUT2D eigenvalue weighted by Gasteiger charge is 2.28. The number of ether oxygens (including phenoxy) is 2. The molecule has 4 rings (SSSR count). The lowest BCUT2D eigenvalue weighted by molar-refractivity contribution is -0.111. The van der Waals surface area contributed by atoms with E-state index in [4.69, 9.17) is 21.1 Å². The quantitative estimate of drug-likeness (QED) is 0.494. The molecule has 1 aromatic heterocycles. The topological polar surface area (TPSA) is 91.2 Å². The minimum absolute atomic E-state index is 0.0433. The highest BCUT2D eigenvalue weighted by Crippen LogP contribution is 2.38. The van der Waals surface area contributed by atoms with E-state index >= 15 is 0 Å². The lowest BCUT2D eigenvalue weighted by Gasteiger charge is -2.15. The Morgan fingerprint density at radius 1 is 1.28 bits per heavy atom. The fourth-order valence-corrected chi connectivity index (χ4v) is 3.49. The zero-order chi connectivity index (χ0) is 22.7. The Kier molecular flexibility index (Phi) is 6.41. The second-order valence-electron chi connectivity index (χ2n) is 7.78. The van der Waals surface area contributed by atoms with Gasteiger partial charge < -0.3 is 14.8 Å². The van der Waals surface area contributed by atoms with Gasteiger partial charge >= 0.3 is 0 Å². The summed E-state index contributed by atoms with van der Waals surface area (Å²) in [5.74, 6) is 1.41. The van der Waals surface area contributed by atoms with Crippen LogP contribution in [0.1, 0.15) is 38.3 Å². The number of rotatable bonds is 8. The van der Waals surface area contributed by atoms with Crippen molar-refractivity contribution >= 4 is 29.3 Å². The molecule has 2 aromatic carbocycles. The van der Waals surface area contributed by atoms with Gasteiger partial charge in [0, 0.05) is 17.3 Å². The second kappa shape index (κ2) is 9.40. The number of carbonyl (C=O) groups is 1. The number of nitrogens with one attached hydrogen (secondary N) is 1. The first-order valence-electron chi connectivity index (χ1n) is 10.4. The van der Waals surface area contributed by atoms with E-state index in [-0.39, 0.29) is 12.0 Å². The van der Waals surface area contributed by atoms with Crippen LogP contribution in [0.2, 0.25) is 5.02 Å². The third-order valence-corrected chi connectivity index (χ3v) is 5.09. The molecule has 1 amide bonds. The van der Waals surface area contributed by atoms with Gasteiger partial charge in [-0.1, -0.05) is 23.7 Å². The van der Waals surface area contributed by atoms with Crippen molar-refractivity contribution in [3.63, 3.8) is 0 Å². The first-order chi connectivity index (χ1) is 15.4. The van der Waals surface area contributed by atoms with E-state index in [1.165, 1.54) is 6.08 Å². The van der Waals surface area contributed by atoms with Gasteiger partial charge in [-0.25, -0.2) is 4.68 Å². The summed E-state index contributed by atoms with van der Waals surface area (Å²) in [4.78, 5) is 12.5. The highest BCUT2D eigenvalue weighted by atomic mass is 35.5. The Balaban J connectivity index is 1.47. The number of hydrogen-bond acceptors (Lipinski definition) is 6. The van der Waals surface area contributed by atoms with Crippen LogP contribution in [0.3, 0.4) is 0 Å². The number of carbonyl (C=O) groups excluding carboxylic acids is 1. The Morgan fingerprint density at radius 3 is 2.81 bits per heavy atom. The van der Waals surface area contributed by atoms with Gasteiger partial charge in [0.25, 0.3) is 0 Å². The van der Waals surface area contributed by atoms with Crippen molar-refractivity contribution < 1.29 is 14.3 Å². The minimum atomic E-state index is -0.276. The van der Waals surface area contributed by atoms with Crippen molar-refractivity contribution in [1.82, 2.24) is 20.2 Å². The van der Waals surface area contributed by atoms with Crippen LogP contribution in [0.4, 0.5) is 5.69 Å². The molecule has 1 aliphatic rings. The first-order valence-corrected chi connectivity index (χ1v) is 10.7. The van der Waals surface area contributed by atoms with Gasteiger partial charge in [-0.2, -0.15) is 0 Å². The van der Waals surface area contributed by atoms with Crippen LogP contribution in [0.15, 0.2) is 42.5 Å². The maximum atomic E-state index is 12.5. The van der Waals surface area contributed by atoms with Crippen molar-refractivity contribution in [3.8, 4) is 22.9 Å². The van der Waals surface area contributed by atoms with E-state index in [1.807, 2.05) is 42.8 Å². The van der Waals surface area contributed by atoms with Gasteiger partial charge in [-0.3, -0.25) is 4.79 Å². The van der Waals surface area contributed by atoms with Crippen molar-refractivity contribution in [2.45, 2.75) is 38.8 Å². The Hall–Kier alpha value is -3.39. The fourth-order valence-electron chi connectivity index (χ4n) is 3.23. The van der Waals surface area contributed by atoms with E-state index in [2.05, 4.69) is 20.8 Å². The third-order valence-electron chi connectivity index (χ3n) is 4.81. The smallest absolute Gasteiger partial charge is 0.248 e. The van der Waals surface area contributed by atoms with Crippen molar-refractivity contribution in [3.05, 3.63) is 53.1 Å². The standard InChI is InChI=1S/C23H24ClN5O3/c1-14(2)32-22-19(24)11-15(12-20(22)31-3)7-10-21(30)25-17-6-4-5-16(13-17)23-26-27-28-29(23)18-8-9-18/h4-7,10-14,18H,8-9H2,1-3H3,(H,25,30)/b10-7+. The Bertz CT molecular complexity index is 1150. The van der Waals surface area contributed by atoms with Crippen molar-refractivity contribution in [2.24, 2.45) is 0 Å². The van der Waals surface area contributed by atoms with Crippen LogP contribution in [0, 0.1) is 0 Å². The average molecular weight is 454 g/mol. The first kappa shape index (κ1) is 21.8. The summed E-state index contributed by atoms with van der Waals surface area (Å²) in [5.41, 5.74) is 2.22. The number of tetrazole rings is 1. The molecule has 0 unspecified atom stereocenters. The third kappa shape index (κ3) is 5.08. The molecule has 0 aliphatic heterocycles. The van der Waals surface area contributed by atoms with Gasteiger partial charge in [0.1, 0.15) is 0 Å². The SMILES string of the molecule is COc1cc(/C=C/C(=O)Nc2cccc(-c3nnnn3C3CC3)c2)cc(Cl)c1OC(C)C. The van der Waals surface area contributed by atoms with E-state index in [0.717, 1.165) is 24.0 Å². The number of methoxy groups -OCH3 is 1. The molecule has 1 aliphatic carbocycles. The summed E-state index contributed by atoms with van der Waals surface area (Å²) >= 11 is 6.35. The predicted octanol–water partition coefficient (Wildman–Crippen LogP) is 4.78. The normalized spacial score (nSPS) is 13.5. The number of benzene rings is 2. The highest BCUT2D eigenvalue weighted by molar-refractivity contribution is 6.32. The number of hydrogen-bond donors (Lipinski definition) is 1. The van der Waals surface area contributed by atoms with E-state index in [9.17, 15) is 4.79 Å². The minimum Gasteiger partial charge on any atom is -0.493 e. The molecule has 0 saturated heterocycles. The molecule has 1 saturated carbocycles. The van der Waals surface area contributed by atoms with E-state index in [0.29, 0.717) is 34.1 Å². The number of anilines is 1. The fraction of sp³-hybridized carbons (Fsp3) is 0.304. The summed E-state index contributed by atoms with van der Waals surface area (Å²) in [6, 6.07) is 11.3. The lowest BCUT2D eigenvalue weighted by atomic mass is 10.1. The van der Waals surface area contributed by atoms with Crippen LogP contribution in [0.5, 0.6) is 11.5 Å². The summed E-state index contributed by atoms with van der Waals surface area (Å²) < 4.78 is 12.9. The van der Waals surface area contributed by atoms with Crippen LogP contribution < -0.4 is 14.8 Å². The van der Waals surface area contributed by atoms with Crippen molar-refractivity contribution in [1.29, 1.82) is 0 Å². The zero-order valence-electron chi connectivity index (χ0n) is 18.1. The molecule has 1 heterocycles. The number of halogens is 1. The number of aromatic nitrogens is 4. The molecule has 0 bridgehead atoms. The summed E-state index contributed by atoms with van der Waals surface area (Å²) in [5, 5.41) is 15.3. The van der Waals surface area contributed by atoms with Crippen LogP contribution >= 0.6 is 11.6 Å². The van der Waals surface area contributed by atoms with Gasteiger partial charge in [0.15, 0.2) is 17.3 Å². The van der Waals surface area contributed by atoms with Gasteiger partial charge in [0.2, 0.25) is 5.91 Å². The monoisotopic (exact) mass is 453 g/mol. The maximum Gasteiger partial charge on any atom is 0.248 e. The molecule has 32 heavy (non-hydrogen) atoms.